The van der Waals surface area contributed by atoms with Gasteiger partial charge in [0.25, 0.3) is 5.60 Å². The van der Waals surface area contributed by atoms with Crippen molar-refractivity contribution in [2.24, 2.45) is 11.3 Å². The number of carboxylic acid groups (broad SMARTS) is 3. The summed E-state index contributed by atoms with van der Waals surface area (Å²) in [6.45, 7) is 4.83. The Morgan fingerprint density at radius 3 is 1.69 bits per heavy atom. The second kappa shape index (κ2) is 11.2. The fraction of sp³-hybridized carbons (Fsp3) is 0.722. The monoisotopic (exact) mass is 420 g/mol. The van der Waals surface area contributed by atoms with Gasteiger partial charge in [-0.05, 0) is 26.7 Å². The number of esters is 1. The number of carbonyl (C=O) groups excluding carboxylic acids is 2. The molecule has 0 aromatic carbocycles. The van der Waals surface area contributed by atoms with Gasteiger partial charge >= 0.3 is 30.0 Å². The number of hydrogen-bond donors (Lipinski definition) is 3. The van der Waals surface area contributed by atoms with E-state index in [-0.39, 0.29) is 13.2 Å². The zero-order chi connectivity index (χ0) is 22.8. The molecule has 0 aromatic heterocycles. The molecule has 0 aromatic rings. The summed E-state index contributed by atoms with van der Waals surface area (Å²) < 4.78 is 14.3. The van der Waals surface area contributed by atoms with Gasteiger partial charge in [-0.1, -0.05) is 26.7 Å². The highest BCUT2D eigenvalue weighted by Crippen LogP contribution is 2.42. The average molecular weight is 420 g/mol. The van der Waals surface area contributed by atoms with Crippen molar-refractivity contribution in [3.63, 3.8) is 0 Å². The lowest BCUT2D eigenvalue weighted by atomic mass is 9.67. The van der Waals surface area contributed by atoms with E-state index in [1.807, 2.05) is 0 Å². The van der Waals surface area contributed by atoms with Gasteiger partial charge in [0.2, 0.25) is 5.92 Å². The lowest BCUT2D eigenvalue weighted by molar-refractivity contribution is -0.208. The second-order valence-electron chi connectivity index (χ2n) is 6.82. The lowest BCUT2D eigenvalue weighted by Gasteiger charge is -2.41. The van der Waals surface area contributed by atoms with E-state index in [0.717, 1.165) is 13.8 Å². The zero-order valence-electron chi connectivity index (χ0n) is 16.9. The van der Waals surface area contributed by atoms with Crippen LogP contribution in [0, 0.1) is 11.3 Å². The van der Waals surface area contributed by atoms with Crippen molar-refractivity contribution in [1.82, 2.24) is 0 Å². The summed E-state index contributed by atoms with van der Waals surface area (Å²) >= 11 is 0. The van der Waals surface area contributed by atoms with E-state index in [1.54, 1.807) is 13.8 Å². The van der Waals surface area contributed by atoms with E-state index >= 15 is 0 Å². The Morgan fingerprint density at radius 1 is 0.828 bits per heavy atom. The van der Waals surface area contributed by atoms with E-state index in [1.165, 1.54) is 0 Å². The molecule has 0 saturated carbocycles. The van der Waals surface area contributed by atoms with Gasteiger partial charge in [-0.15, -0.1) is 0 Å². The van der Waals surface area contributed by atoms with Crippen molar-refractivity contribution in [3.05, 3.63) is 0 Å². The summed E-state index contributed by atoms with van der Waals surface area (Å²) in [5, 5.41) is 28.9. The largest absolute Gasteiger partial charge is 0.509 e. The van der Waals surface area contributed by atoms with Gasteiger partial charge in [-0.25, -0.2) is 9.59 Å². The standard InChI is InChI=1S/C18H28O11/c1-5-7-9-27-13(21)11(12(19)20)18(15(24)25,17(3,4)14(22)23)29-16(26)28-10-8-6-2/h11H,5-10H2,1-4H3,(H,19,20)(H,22,23)(H,24,25). The topological polar surface area (TPSA) is 174 Å². The predicted molar refractivity (Wildman–Crippen MR) is 96.1 cm³/mol. The zero-order valence-corrected chi connectivity index (χ0v) is 16.9. The van der Waals surface area contributed by atoms with E-state index in [0.29, 0.717) is 25.7 Å². The van der Waals surface area contributed by atoms with E-state index in [2.05, 4.69) is 0 Å². The van der Waals surface area contributed by atoms with Crippen molar-refractivity contribution in [2.75, 3.05) is 13.2 Å². The normalized spacial score (nSPS) is 14.2. The third-order valence-electron chi connectivity index (χ3n) is 4.37. The van der Waals surface area contributed by atoms with Crippen LogP contribution < -0.4 is 0 Å². The molecule has 3 N–H and O–H groups in total. The van der Waals surface area contributed by atoms with Crippen LogP contribution in [0.4, 0.5) is 4.79 Å². The van der Waals surface area contributed by atoms with Crippen LogP contribution in [-0.4, -0.2) is 64.2 Å². The van der Waals surface area contributed by atoms with Crippen LogP contribution in [0.3, 0.4) is 0 Å². The van der Waals surface area contributed by atoms with E-state index in [9.17, 15) is 39.3 Å². The lowest BCUT2D eigenvalue weighted by Crippen LogP contribution is -2.66. The molecule has 11 nitrogen and oxygen atoms in total. The highest BCUT2D eigenvalue weighted by molar-refractivity contribution is 6.04. The Hall–Kier alpha value is -2.85. The minimum Gasteiger partial charge on any atom is -0.481 e. The summed E-state index contributed by atoms with van der Waals surface area (Å²) in [7, 11) is 0. The van der Waals surface area contributed by atoms with Crippen LogP contribution in [0.2, 0.25) is 0 Å². The first kappa shape index (κ1) is 26.1. The molecule has 0 amide bonds. The van der Waals surface area contributed by atoms with Crippen molar-refractivity contribution in [3.8, 4) is 0 Å². The molecule has 2 atom stereocenters. The molecule has 0 heterocycles. The molecule has 0 radical (unpaired) electrons. The molecule has 0 fully saturated rings. The third kappa shape index (κ3) is 6.06. The van der Waals surface area contributed by atoms with Crippen molar-refractivity contribution < 1.29 is 53.5 Å². The number of carbonyl (C=O) groups is 5. The molecule has 0 saturated heterocycles. The molecular formula is C18H28O11. The number of rotatable bonds is 13. The highest BCUT2D eigenvalue weighted by Gasteiger charge is 2.69. The fourth-order valence-corrected chi connectivity index (χ4v) is 2.44. The number of carboxylic acids is 3. The van der Waals surface area contributed by atoms with Crippen LogP contribution in [0.15, 0.2) is 0 Å². The highest BCUT2D eigenvalue weighted by atomic mass is 16.7. The van der Waals surface area contributed by atoms with Gasteiger partial charge in [0.1, 0.15) is 5.41 Å². The summed E-state index contributed by atoms with van der Waals surface area (Å²) in [6.07, 6.45) is 0.372. The maximum absolute atomic E-state index is 12.4. The number of ether oxygens (including phenoxy) is 3. The first-order valence-corrected chi connectivity index (χ1v) is 9.12. The van der Waals surface area contributed by atoms with Gasteiger partial charge in [0, 0.05) is 0 Å². The predicted octanol–water partition coefficient (Wildman–Crippen LogP) is 1.92. The molecule has 166 valence electrons. The molecule has 0 aliphatic heterocycles. The first-order chi connectivity index (χ1) is 13.4. The SMILES string of the molecule is CCCCOC(=O)OC(C(=O)O)(C(C(=O)O)C(=O)OCCCC)C(C)(C)C(=O)O. The third-order valence-corrected chi connectivity index (χ3v) is 4.37. The van der Waals surface area contributed by atoms with Gasteiger partial charge in [-0.2, -0.15) is 0 Å². The quantitative estimate of drug-likeness (QED) is 0.225. The van der Waals surface area contributed by atoms with Gasteiger partial charge in [-0.3, -0.25) is 14.4 Å². The Morgan fingerprint density at radius 2 is 1.31 bits per heavy atom. The van der Waals surface area contributed by atoms with Crippen LogP contribution in [-0.2, 0) is 33.4 Å². The first-order valence-electron chi connectivity index (χ1n) is 9.12. The smallest absolute Gasteiger partial charge is 0.481 e. The molecule has 0 bridgehead atoms. The Balaban J connectivity index is 6.36. The number of aliphatic carboxylic acids is 3. The maximum atomic E-state index is 12.4. The number of unbranched alkanes of at least 4 members (excludes halogenated alkanes) is 2. The van der Waals surface area contributed by atoms with E-state index < -0.39 is 47.0 Å². The molecule has 2 unspecified atom stereocenters. The minimum atomic E-state index is -3.34. The minimum absolute atomic E-state index is 0.169. The maximum Gasteiger partial charge on any atom is 0.509 e. The summed E-state index contributed by atoms with van der Waals surface area (Å²) in [5.41, 5.74) is -5.88. The Kier molecular flexibility index (Phi) is 10.1. The molecule has 0 rings (SSSR count). The van der Waals surface area contributed by atoms with Crippen LogP contribution in [0.1, 0.15) is 53.4 Å². The molecule has 11 heteroatoms. The van der Waals surface area contributed by atoms with Crippen LogP contribution in [0.25, 0.3) is 0 Å². The van der Waals surface area contributed by atoms with Gasteiger partial charge in [0.05, 0.1) is 13.2 Å². The molecule has 29 heavy (non-hydrogen) atoms. The van der Waals surface area contributed by atoms with Crippen LogP contribution >= 0.6 is 0 Å². The van der Waals surface area contributed by atoms with Gasteiger partial charge < -0.3 is 29.5 Å². The number of hydrogen-bond acceptors (Lipinski definition) is 8. The van der Waals surface area contributed by atoms with E-state index in [4.69, 9.17) is 14.2 Å². The van der Waals surface area contributed by atoms with Crippen LogP contribution in [0.5, 0.6) is 0 Å². The molecular weight excluding hydrogens is 392 g/mol. The average Bonchev–Trinajstić information content (AvgIpc) is 2.60. The van der Waals surface area contributed by atoms with Gasteiger partial charge in [0.15, 0.2) is 0 Å². The second-order valence-corrected chi connectivity index (χ2v) is 6.82. The summed E-state index contributed by atoms with van der Waals surface area (Å²) in [5.74, 6) is -10.2. The van der Waals surface area contributed by atoms with Crippen molar-refractivity contribution >= 4 is 30.0 Å². The molecule has 0 aliphatic carbocycles. The Labute approximate surface area is 167 Å². The molecule has 0 spiro atoms. The summed E-state index contributed by atoms with van der Waals surface area (Å²) in [6, 6.07) is 0. The fourth-order valence-electron chi connectivity index (χ4n) is 2.44. The molecule has 0 aliphatic rings. The van der Waals surface area contributed by atoms with Crippen molar-refractivity contribution in [2.45, 2.75) is 59.0 Å². The summed E-state index contributed by atoms with van der Waals surface area (Å²) in [4.78, 5) is 60.3. The van der Waals surface area contributed by atoms with Crippen molar-refractivity contribution in [1.29, 1.82) is 0 Å². The Bertz CT molecular complexity index is 625.